The zero-order valence-electron chi connectivity index (χ0n) is 17.8. The van der Waals surface area contributed by atoms with E-state index in [1.807, 2.05) is 36.3 Å². The van der Waals surface area contributed by atoms with Crippen molar-refractivity contribution in [2.45, 2.75) is 38.4 Å². The van der Waals surface area contributed by atoms with Crippen LogP contribution in [0.4, 0.5) is 4.39 Å². The van der Waals surface area contributed by atoms with Crippen molar-refractivity contribution in [2.75, 3.05) is 26.2 Å². The average Bonchev–Trinajstić information content (AvgIpc) is 3.38. The van der Waals surface area contributed by atoms with Crippen LogP contribution in [0.3, 0.4) is 0 Å². The Morgan fingerprint density at radius 3 is 2.47 bits per heavy atom. The van der Waals surface area contributed by atoms with Crippen LogP contribution < -0.4 is 0 Å². The number of aromatic nitrogens is 4. The van der Waals surface area contributed by atoms with Crippen LogP contribution in [0.2, 0.25) is 0 Å². The number of hydrogen-bond donors (Lipinski definition) is 0. The molecular formula is C23H29FN6. The highest BCUT2D eigenvalue weighted by molar-refractivity contribution is 5.57. The molecule has 1 spiro atoms. The highest BCUT2D eigenvalue weighted by atomic mass is 19.1. The van der Waals surface area contributed by atoms with Crippen LogP contribution in [0.25, 0.3) is 11.3 Å². The van der Waals surface area contributed by atoms with Crippen LogP contribution in [0.15, 0.2) is 42.9 Å². The molecule has 30 heavy (non-hydrogen) atoms. The molecular weight excluding hydrogens is 379 g/mol. The summed E-state index contributed by atoms with van der Waals surface area (Å²) in [4.78, 5) is 10.1. The number of benzene rings is 1. The summed E-state index contributed by atoms with van der Waals surface area (Å²) in [6.45, 7) is 8.21. The van der Waals surface area contributed by atoms with Crippen molar-refractivity contribution >= 4 is 0 Å². The Bertz CT molecular complexity index is 1010. The summed E-state index contributed by atoms with van der Waals surface area (Å²) < 4.78 is 17.5. The minimum absolute atomic E-state index is 0.00719. The van der Waals surface area contributed by atoms with E-state index in [2.05, 4.69) is 32.6 Å². The topological polar surface area (TPSA) is 42.1 Å². The number of hydrogen-bond acceptors (Lipinski definition) is 4. The SMILES string of the molecule is CCN1CCn2c(-c3cnn(C)c3)cnc2C12CCN(Cc1ccc(F)cc1)CC2. The molecule has 0 amide bonds. The fraction of sp³-hybridized carbons (Fsp3) is 0.478. The summed E-state index contributed by atoms with van der Waals surface area (Å²) in [5.74, 6) is 1.03. The third kappa shape index (κ3) is 3.26. The van der Waals surface area contributed by atoms with Gasteiger partial charge in [0.15, 0.2) is 0 Å². The Balaban J connectivity index is 1.40. The Morgan fingerprint density at radius 2 is 1.80 bits per heavy atom. The predicted octanol–water partition coefficient (Wildman–Crippen LogP) is 3.25. The fourth-order valence-electron chi connectivity index (χ4n) is 5.26. The number of rotatable bonds is 4. The molecule has 7 heteroatoms. The second kappa shape index (κ2) is 7.63. The van der Waals surface area contributed by atoms with Gasteiger partial charge in [-0.1, -0.05) is 19.1 Å². The van der Waals surface area contributed by atoms with E-state index in [1.54, 1.807) is 12.1 Å². The normalized spacial score (nSPS) is 19.3. The molecule has 158 valence electrons. The smallest absolute Gasteiger partial charge is 0.129 e. The van der Waals surface area contributed by atoms with Gasteiger partial charge in [-0.3, -0.25) is 14.5 Å². The zero-order valence-corrected chi connectivity index (χ0v) is 17.8. The van der Waals surface area contributed by atoms with Gasteiger partial charge in [0.05, 0.1) is 23.6 Å². The molecule has 0 saturated carbocycles. The van der Waals surface area contributed by atoms with E-state index in [1.165, 1.54) is 17.1 Å². The maximum absolute atomic E-state index is 13.2. The standard InChI is InChI=1S/C23H29FN6/c1-3-29-12-13-30-21(19-14-26-27(2)17-19)15-25-22(30)23(29)8-10-28(11-9-23)16-18-4-6-20(24)7-5-18/h4-7,14-15,17H,3,8-13,16H2,1-2H3. The molecule has 2 aliphatic rings. The van der Waals surface area contributed by atoms with Crippen molar-refractivity contribution in [1.29, 1.82) is 0 Å². The highest BCUT2D eigenvalue weighted by Gasteiger charge is 2.46. The third-order valence-corrected chi connectivity index (χ3v) is 6.86. The molecule has 1 fully saturated rings. The number of piperidine rings is 1. The molecule has 2 aromatic heterocycles. The van der Waals surface area contributed by atoms with Gasteiger partial charge in [0.25, 0.3) is 0 Å². The number of halogens is 1. The lowest BCUT2D eigenvalue weighted by Crippen LogP contribution is -2.57. The lowest BCUT2D eigenvalue weighted by atomic mass is 9.83. The second-order valence-corrected chi connectivity index (χ2v) is 8.54. The van der Waals surface area contributed by atoms with Gasteiger partial charge in [-0.05, 0) is 37.1 Å². The predicted molar refractivity (Wildman–Crippen MR) is 114 cm³/mol. The molecule has 0 radical (unpaired) electrons. The Kier molecular flexibility index (Phi) is 4.95. The maximum atomic E-state index is 13.2. The minimum Gasteiger partial charge on any atom is -0.325 e. The summed E-state index contributed by atoms with van der Waals surface area (Å²) in [6.07, 6.45) is 8.14. The van der Waals surface area contributed by atoms with Crippen LogP contribution in [0.1, 0.15) is 31.2 Å². The molecule has 1 aromatic carbocycles. The Hall–Kier alpha value is -2.51. The minimum atomic E-state index is -0.173. The van der Waals surface area contributed by atoms with E-state index in [9.17, 15) is 4.39 Å². The van der Waals surface area contributed by atoms with Crippen molar-refractivity contribution in [1.82, 2.24) is 29.1 Å². The summed E-state index contributed by atoms with van der Waals surface area (Å²) in [5.41, 5.74) is 3.46. The molecule has 6 nitrogen and oxygen atoms in total. The second-order valence-electron chi connectivity index (χ2n) is 8.54. The molecule has 1 saturated heterocycles. The van der Waals surface area contributed by atoms with E-state index in [0.717, 1.165) is 57.7 Å². The molecule has 0 aliphatic carbocycles. The number of likely N-dealkylation sites (tertiary alicyclic amines) is 1. The zero-order chi connectivity index (χ0) is 20.7. The van der Waals surface area contributed by atoms with Gasteiger partial charge in [-0.2, -0.15) is 5.10 Å². The van der Waals surface area contributed by atoms with E-state index in [0.29, 0.717) is 0 Å². The molecule has 2 aliphatic heterocycles. The van der Waals surface area contributed by atoms with Gasteiger partial charge in [-0.25, -0.2) is 9.37 Å². The van der Waals surface area contributed by atoms with Crippen molar-refractivity contribution < 1.29 is 4.39 Å². The first kappa shape index (κ1) is 19.5. The molecule has 5 rings (SSSR count). The van der Waals surface area contributed by atoms with Crippen molar-refractivity contribution in [3.8, 4) is 11.3 Å². The van der Waals surface area contributed by atoms with Crippen LogP contribution in [0, 0.1) is 5.82 Å². The quantitative estimate of drug-likeness (QED) is 0.665. The maximum Gasteiger partial charge on any atom is 0.129 e. The first-order valence-corrected chi connectivity index (χ1v) is 10.9. The first-order chi connectivity index (χ1) is 14.6. The highest BCUT2D eigenvalue weighted by Crippen LogP contribution is 2.42. The molecule has 0 atom stereocenters. The lowest BCUT2D eigenvalue weighted by molar-refractivity contribution is -0.00772. The van der Waals surface area contributed by atoms with Gasteiger partial charge in [0.1, 0.15) is 11.6 Å². The van der Waals surface area contributed by atoms with Crippen molar-refractivity contribution in [3.63, 3.8) is 0 Å². The monoisotopic (exact) mass is 408 g/mol. The average molecular weight is 409 g/mol. The molecule has 0 N–H and O–H groups in total. The number of fused-ring (bicyclic) bond motifs is 2. The molecule has 3 aromatic rings. The molecule has 0 bridgehead atoms. The summed E-state index contributed by atoms with van der Waals surface area (Å²) >= 11 is 0. The van der Waals surface area contributed by atoms with E-state index in [-0.39, 0.29) is 11.4 Å². The van der Waals surface area contributed by atoms with E-state index < -0.39 is 0 Å². The number of nitrogens with zero attached hydrogens (tertiary/aromatic N) is 6. The van der Waals surface area contributed by atoms with E-state index >= 15 is 0 Å². The number of imidazole rings is 1. The molecule has 0 unspecified atom stereocenters. The summed E-state index contributed by atoms with van der Waals surface area (Å²) in [6, 6.07) is 6.89. The van der Waals surface area contributed by atoms with Crippen LogP contribution in [0.5, 0.6) is 0 Å². The Morgan fingerprint density at radius 1 is 1.03 bits per heavy atom. The Labute approximate surface area is 176 Å². The first-order valence-electron chi connectivity index (χ1n) is 10.9. The van der Waals surface area contributed by atoms with Crippen molar-refractivity contribution in [3.05, 3.63) is 60.1 Å². The van der Waals surface area contributed by atoms with Gasteiger partial charge in [-0.15, -0.1) is 0 Å². The van der Waals surface area contributed by atoms with Crippen LogP contribution in [-0.4, -0.2) is 55.3 Å². The van der Waals surface area contributed by atoms with E-state index in [4.69, 9.17) is 4.98 Å². The van der Waals surface area contributed by atoms with Gasteiger partial charge in [0.2, 0.25) is 0 Å². The number of aryl methyl sites for hydroxylation is 1. The number of likely N-dealkylation sites (N-methyl/N-ethyl adjacent to an activating group) is 1. The lowest BCUT2D eigenvalue weighted by Gasteiger charge is -2.50. The van der Waals surface area contributed by atoms with Gasteiger partial charge < -0.3 is 4.57 Å². The largest absolute Gasteiger partial charge is 0.325 e. The molecule has 4 heterocycles. The van der Waals surface area contributed by atoms with Gasteiger partial charge >= 0.3 is 0 Å². The van der Waals surface area contributed by atoms with Crippen LogP contribution in [-0.2, 0) is 25.7 Å². The summed E-state index contributed by atoms with van der Waals surface area (Å²) in [5, 5.41) is 4.35. The summed E-state index contributed by atoms with van der Waals surface area (Å²) in [7, 11) is 1.95. The van der Waals surface area contributed by atoms with Crippen LogP contribution >= 0.6 is 0 Å². The third-order valence-electron chi connectivity index (χ3n) is 6.86. The fourth-order valence-corrected chi connectivity index (χ4v) is 5.26. The van der Waals surface area contributed by atoms with Crippen molar-refractivity contribution in [2.24, 2.45) is 7.05 Å². The van der Waals surface area contributed by atoms with Gasteiger partial charge in [0, 0.05) is 51.5 Å².